The molecule has 0 aliphatic carbocycles. The Morgan fingerprint density at radius 3 is 2.33 bits per heavy atom. The second-order valence-electron chi connectivity index (χ2n) is 6.75. The Morgan fingerprint density at radius 1 is 0.909 bits per heavy atom. The van der Waals surface area contributed by atoms with E-state index in [1.807, 2.05) is 6.07 Å². The summed E-state index contributed by atoms with van der Waals surface area (Å²) in [5.41, 5.74) is 1.73. The fraction of sp³-hybridized carbons (Fsp3) is 0.0800. The third kappa shape index (κ3) is 5.91. The smallest absolute Gasteiger partial charge is 0.266 e. The largest absolute Gasteiger partial charge is 0.493 e. The van der Waals surface area contributed by atoms with Crippen molar-refractivity contribution < 1.29 is 19.1 Å². The van der Waals surface area contributed by atoms with Gasteiger partial charge in [-0.2, -0.15) is 5.26 Å². The van der Waals surface area contributed by atoms with Crippen LogP contribution in [-0.2, 0) is 4.79 Å². The number of hydrogen-bond acceptors (Lipinski definition) is 5. The second kappa shape index (κ2) is 10.8. The van der Waals surface area contributed by atoms with Gasteiger partial charge in [0, 0.05) is 17.4 Å². The lowest BCUT2D eigenvalue weighted by Gasteiger charge is -2.10. The second-order valence-corrected chi connectivity index (χ2v) is 7.16. The van der Waals surface area contributed by atoms with E-state index in [0.717, 1.165) is 0 Å². The van der Waals surface area contributed by atoms with Crippen LogP contribution in [0.4, 0.5) is 11.4 Å². The van der Waals surface area contributed by atoms with Crippen LogP contribution in [0.25, 0.3) is 6.08 Å². The van der Waals surface area contributed by atoms with Crippen LogP contribution in [-0.4, -0.2) is 26.0 Å². The molecule has 0 saturated heterocycles. The first-order valence-electron chi connectivity index (χ1n) is 9.76. The Bertz CT molecular complexity index is 1260. The van der Waals surface area contributed by atoms with E-state index in [2.05, 4.69) is 10.6 Å². The number of methoxy groups -OCH3 is 2. The topological polar surface area (TPSA) is 100 Å². The van der Waals surface area contributed by atoms with E-state index in [1.165, 1.54) is 20.3 Å². The quantitative estimate of drug-likeness (QED) is 0.374. The van der Waals surface area contributed by atoms with Gasteiger partial charge in [-0.25, -0.2) is 0 Å². The third-order valence-electron chi connectivity index (χ3n) is 4.58. The molecular weight excluding hydrogens is 442 g/mol. The van der Waals surface area contributed by atoms with Crippen LogP contribution in [0, 0.1) is 11.3 Å². The third-order valence-corrected chi connectivity index (χ3v) is 4.91. The highest BCUT2D eigenvalue weighted by atomic mass is 35.5. The Morgan fingerprint density at radius 2 is 1.64 bits per heavy atom. The summed E-state index contributed by atoms with van der Waals surface area (Å²) in [5, 5.41) is 15.3. The normalized spacial score (nSPS) is 10.7. The first-order chi connectivity index (χ1) is 15.9. The molecule has 3 rings (SSSR count). The van der Waals surface area contributed by atoms with E-state index in [9.17, 15) is 14.9 Å². The summed E-state index contributed by atoms with van der Waals surface area (Å²) in [6, 6.07) is 20.3. The number of nitriles is 1. The molecule has 3 aromatic rings. The summed E-state index contributed by atoms with van der Waals surface area (Å²) in [6.07, 6.45) is 1.43. The van der Waals surface area contributed by atoms with Gasteiger partial charge in [0.05, 0.1) is 24.8 Å². The van der Waals surface area contributed by atoms with Gasteiger partial charge in [-0.15, -0.1) is 0 Å². The SMILES string of the molecule is COc1ccc(NC(=O)/C(C#N)=C/c2cccc(NC(=O)c3ccccc3Cl)c2)cc1OC. The number of nitrogens with one attached hydrogen (secondary N) is 2. The van der Waals surface area contributed by atoms with Crippen molar-refractivity contribution in [1.29, 1.82) is 5.26 Å². The maximum absolute atomic E-state index is 12.6. The summed E-state index contributed by atoms with van der Waals surface area (Å²) < 4.78 is 10.4. The number of hydrogen-bond donors (Lipinski definition) is 2. The summed E-state index contributed by atoms with van der Waals surface area (Å²) in [4.78, 5) is 25.1. The van der Waals surface area contributed by atoms with Crippen molar-refractivity contribution in [2.75, 3.05) is 24.9 Å². The number of carbonyl (C=O) groups is 2. The van der Waals surface area contributed by atoms with E-state index in [0.29, 0.717) is 39.0 Å². The first kappa shape index (κ1) is 23.4. The van der Waals surface area contributed by atoms with Gasteiger partial charge in [0.15, 0.2) is 11.5 Å². The molecule has 33 heavy (non-hydrogen) atoms. The number of nitrogens with zero attached hydrogens (tertiary/aromatic N) is 1. The van der Waals surface area contributed by atoms with Gasteiger partial charge >= 0.3 is 0 Å². The predicted molar refractivity (Wildman–Crippen MR) is 128 cm³/mol. The van der Waals surface area contributed by atoms with Crippen LogP contribution in [0.5, 0.6) is 11.5 Å². The highest BCUT2D eigenvalue weighted by Gasteiger charge is 2.13. The standard InChI is InChI=1S/C25H20ClN3O4/c1-32-22-11-10-19(14-23(22)33-2)28-24(30)17(15-27)12-16-6-5-7-18(13-16)29-25(31)20-8-3-4-9-21(20)26/h3-14H,1-2H3,(H,28,30)(H,29,31)/b17-12+. The summed E-state index contributed by atoms with van der Waals surface area (Å²) in [5.74, 6) is 0.00519. The van der Waals surface area contributed by atoms with Crippen molar-refractivity contribution in [3.05, 3.63) is 88.5 Å². The highest BCUT2D eigenvalue weighted by Crippen LogP contribution is 2.30. The van der Waals surface area contributed by atoms with Crippen LogP contribution in [0.3, 0.4) is 0 Å². The van der Waals surface area contributed by atoms with Crippen molar-refractivity contribution in [3.8, 4) is 17.6 Å². The Labute approximate surface area is 196 Å². The Hall–Kier alpha value is -4.28. The van der Waals surface area contributed by atoms with E-state index in [1.54, 1.807) is 66.7 Å². The predicted octanol–water partition coefficient (Wildman–Crippen LogP) is 5.16. The van der Waals surface area contributed by atoms with E-state index in [-0.39, 0.29) is 11.5 Å². The summed E-state index contributed by atoms with van der Waals surface area (Å²) in [7, 11) is 3.00. The fourth-order valence-corrected chi connectivity index (χ4v) is 3.20. The number of carbonyl (C=O) groups excluding carboxylic acids is 2. The van der Waals surface area contributed by atoms with Crippen molar-refractivity contribution in [1.82, 2.24) is 0 Å². The minimum Gasteiger partial charge on any atom is -0.493 e. The number of anilines is 2. The highest BCUT2D eigenvalue weighted by molar-refractivity contribution is 6.34. The molecule has 7 nitrogen and oxygen atoms in total. The molecule has 3 aromatic carbocycles. The number of benzene rings is 3. The molecule has 0 aromatic heterocycles. The molecule has 0 aliphatic rings. The Kier molecular flexibility index (Phi) is 7.68. The monoisotopic (exact) mass is 461 g/mol. The van der Waals surface area contributed by atoms with Gasteiger partial charge < -0.3 is 20.1 Å². The van der Waals surface area contributed by atoms with Crippen molar-refractivity contribution in [3.63, 3.8) is 0 Å². The molecule has 166 valence electrons. The zero-order valence-electron chi connectivity index (χ0n) is 17.9. The van der Waals surface area contributed by atoms with Gasteiger partial charge in [-0.05, 0) is 48.0 Å². The summed E-state index contributed by atoms with van der Waals surface area (Å²) in [6.45, 7) is 0. The molecule has 8 heteroatoms. The average Bonchev–Trinajstić information content (AvgIpc) is 2.82. The molecule has 0 saturated carbocycles. The number of rotatable bonds is 7. The Balaban J connectivity index is 1.77. The zero-order valence-corrected chi connectivity index (χ0v) is 18.6. The molecule has 0 bridgehead atoms. The van der Waals surface area contributed by atoms with Gasteiger partial charge in [-0.1, -0.05) is 35.9 Å². The molecule has 0 spiro atoms. The van der Waals surface area contributed by atoms with E-state index >= 15 is 0 Å². The van der Waals surface area contributed by atoms with Crippen molar-refractivity contribution >= 4 is 40.9 Å². The summed E-state index contributed by atoms with van der Waals surface area (Å²) >= 11 is 6.08. The molecule has 0 fully saturated rings. The fourth-order valence-electron chi connectivity index (χ4n) is 2.98. The number of amides is 2. The van der Waals surface area contributed by atoms with Crippen LogP contribution in [0.2, 0.25) is 5.02 Å². The average molecular weight is 462 g/mol. The minimum atomic E-state index is -0.588. The lowest BCUT2D eigenvalue weighted by Crippen LogP contribution is -2.14. The number of halogens is 1. The molecule has 2 amide bonds. The van der Waals surface area contributed by atoms with Crippen LogP contribution < -0.4 is 20.1 Å². The van der Waals surface area contributed by atoms with E-state index in [4.69, 9.17) is 21.1 Å². The minimum absolute atomic E-state index is 0.112. The molecule has 0 radical (unpaired) electrons. The van der Waals surface area contributed by atoms with Crippen molar-refractivity contribution in [2.24, 2.45) is 0 Å². The van der Waals surface area contributed by atoms with Crippen LogP contribution >= 0.6 is 11.6 Å². The lowest BCUT2D eigenvalue weighted by molar-refractivity contribution is -0.112. The zero-order chi connectivity index (χ0) is 23.8. The van der Waals surface area contributed by atoms with Gasteiger partial charge in [0.1, 0.15) is 11.6 Å². The van der Waals surface area contributed by atoms with Crippen molar-refractivity contribution in [2.45, 2.75) is 0 Å². The molecule has 2 N–H and O–H groups in total. The molecule has 0 atom stereocenters. The van der Waals surface area contributed by atoms with Gasteiger partial charge in [0.2, 0.25) is 0 Å². The molecular formula is C25H20ClN3O4. The maximum Gasteiger partial charge on any atom is 0.266 e. The first-order valence-corrected chi connectivity index (χ1v) is 10.1. The van der Waals surface area contributed by atoms with Gasteiger partial charge in [0.25, 0.3) is 11.8 Å². The number of ether oxygens (including phenoxy) is 2. The van der Waals surface area contributed by atoms with Crippen LogP contribution in [0.15, 0.2) is 72.3 Å². The van der Waals surface area contributed by atoms with Crippen LogP contribution in [0.1, 0.15) is 15.9 Å². The van der Waals surface area contributed by atoms with Gasteiger partial charge in [-0.3, -0.25) is 9.59 Å². The molecule has 0 unspecified atom stereocenters. The molecule has 0 aliphatic heterocycles. The van der Waals surface area contributed by atoms with E-state index < -0.39 is 5.91 Å². The maximum atomic E-state index is 12.6. The lowest BCUT2D eigenvalue weighted by atomic mass is 10.1. The molecule has 0 heterocycles.